The second-order valence-corrected chi connectivity index (χ2v) is 5.64. The van der Waals surface area contributed by atoms with E-state index in [0.29, 0.717) is 0 Å². The Morgan fingerprint density at radius 2 is 2.40 bits per heavy atom. The van der Waals surface area contributed by atoms with Gasteiger partial charge in [-0.1, -0.05) is 15.9 Å². The van der Waals surface area contributed by atoms with Crippen molar-refractivity contribution in [2.45, 2.75) is 18.9 Å². The Labute approximate surface area is 100 Å². The largest absolute Gasteiger partial charge is 0.371 e. The van der Waals surface area contributed by atoms with Crippen molar-refractivity contribution in [1.29, 1.82) is 0 Å². The van der Waals surface area contributed by atoms with E-state index in [1.165, 1.54) is 4.70 Å². The van der Waals surface area contributed by atoms with Crippen LogP contribution in [0.15, 0.2) is 22.7 Å². The van der Waals surface area contributed by atoms with Gasteiger partial charge in [-0.3, -0.25) is 0 Å². The molecule has 3 rings (SSSR count). The molecule has 1 saturated heterocycles. The standard InChI is InChI=1S/C11H10BrNOS/c12-7-3-4-10-8(6-7)13-11(15-10)9-2-1-5-14-9/h3-4,6,9H,1-2,5H2. The molecule has 0 N–H and O–H groups in total. The summed E-state index contributed by atoms with van der Waals surface area (Å²) in [6.45, 7) is 0.879. The molecular weight excluding hydrogens is 274 g/mol. The van der Waals surface area contributed by atoms with E-state index in [4.69, 9.17) is 4.74 Å². The molecule has 1 aromatic carbocycles. The lowest BCUT2D eigenvalue weighted by Crippen LogP contribution is -1.93. The lowest BCUT2D eigenvalue weighted by atomic mass is 10.2. The molecule has 2 heterocycles. The molecule has 0 saturated carbocycles. The third kappa shape index (κ3) is 1.82. The second-order valence-electron chi connectivity index (χ2n) is 3.67. The van der Waals surface area contributed by atoms with Crippen molar-refractivity contribution >= 4 is 37.5 Å². The fourth-order valence-corrected chi connectivity index (χ4v) is 3.21. The maximum atomic E-state index is 5.63. The van der Waals surface area contributed by atoms with Crippen LogP contribution in [0, 0.1) is 0 Å². The van der Waals surface area contributed by atoms with Gasteiger partial charge in [-0.15, -0.1) is 11.3 Å². The zero-order chi connectivity index (χ0) is 10.3. The summed E-state index contributed by atoms with van der Waals surface area (Å²) in [5.41, 5.74) is 1.07. The van der Waals surface area contributed by atoms with Gasteiger partial charge >= 0.3 is 0 Å². The number of benzene rings is 1. The average Bonchev–Trinajstić information content (AvgIpc) is 2.84. The van der Waals surface area contributed by atoms with Crippen LogP contribution in [0.25, 0.3) is 10.2 Å². The Morgan fingerprint density at radius 1 is 1.47 bits per heavy atom. The third-order valence-corrected chi connectivity index (χ3v) is 4.19. The quantitative estimate of drug-likeness (QED) is 0.792. The van der Waals surface area contributed by atoms with Crippen molar-refractivity contribution in [2.75, 3.05) is 6.61 Å². The van der Waals surface area contributed by atoms with Crippen LogP contribution >= 0.6 is 27.3 Å². The highest BCUT2D eigenvalue weighted by Gasteiger charge is 2.21. The van der Waals surface area contributed by atoms with Gasteiger partial charge < -0.3 is 4.74 Å². The summed E-state index contributed by atoms with van der Waals surface area (Å²) in [5, 5.41) is 1.13. The summed E-state index contributed by atoms with van der Waals surface area (Å²) in [6.07, 6.45) is 2.51. The maximum Gasteiger partial charge on any atom is 0.123 e. The van der Waals surface area contributed by atoms with Gasteiger partial charge in [0.15, 0.2) is 0 Å². The Bertz CT molecular complexity index is 490. The first-order valence-electron chi connectivity index (χ1n) is 5.00. The molecule has 78 valence electrons. The van der Waals surface area contributed by atoms with Crippen LogP contribution in [0.2, 0.25) is 0 Å². The van der Waals surface area contributed by atoms with Gasteiger partial charge in [0.2, 0.25) is 0 Å². The topological polar surface area (TPSA) is 22.1 Å². The van der Waals surface area contributed by atoms with E-state index in [9.17, 15) is 0 Å². The molecule has 0 amide bonds. The van der Waals surface area contributed by atoms with Gasteiger partial charge in [0.05, 0.1) is 10.2 Å². The molecular formula is C11H10BrNOS. The molecule has 0 bridgehead atoms. The second kappa shape index (κ2) is 3.85. The molecule has 2 nitrogen and oxygen atoms in total. The Hall–Kier alpha value is -0.450. The molecule has 4 heteroatoms. The fraction of sp³-hybridized carbons (Fsp3) is 0.364. The van der Waals surface area contributed by atoms with Crippen molar-refractivity contribution in [3.8, 4) is 0 Å². The number of halogens is 1. The van der Waals surface area contributed by atoms with Gasteiger partial charge in [-0.2, -0.15) is 0 Å². The average molecular weight is 284 g/mol. The van der Waals surface area contributed by atoms with Crippen LogP contribution < -0.4 is 0 Å². The summed E-state index contributed by atoms with van der Waals surface area (Å²) in [5.74, 6) is 0. The first-order valence-corrected chi connectivity index (χ1v) is 6.61. The first kappa shape index (κ1) is 9.75. The minimum absolute atomic E-state index is 0.237. The number of hydrogen-bond donors (Lipinski definition) is 0. The number of rotatable bonds is 1. The first-order chi connectivity index (χ1) is 7.33. The van der Waals surface area contributed by atoms with Crippen molar-refractivity contribution in [2.24, 2.45) is 0 Å². The molecule has 1 aliphatic heterocycles. The van der Waals surface area contributed by atoms with Crippen LogP contribution in [-0.2, 0) is 4.74 Å². The zero-order valence-corrected chi connectivity index (χ0v) is 10.5. The number of fused-ring (bicyclic) bond motifs is 1. The highest BCUT2D eigenvalue weighted by molar-refractivity contribution is 9.10. The van der Waals surface area contributed by atoms with Crippen molar-refractivity contribution in [3.05, 3.63) is 27.7 Å². The van der Waals surface area contributed by atoms with Crippen molar-refractivity contribution in [1.82, 2.24) is 4.98 Å². The van der Waals surface area contributed by atoms with E-state index < -0.39 is 0 Å². The molecule has 1 aromatic heterocycles. The van der Waals surface area contributed by atoms with E-state index >= 15 is 0 Å². The van der Waals surface area contributed by atoms with Gasteiger partial charge in [0.1, 0.15) is 11.1 Å². The van der Waals surface area contributed by atoms with E-state index in [1.807, 2.05) is 0 Å². The number of thiazole rings is 1. The summed E-state index contributed by atoms with van der Waals surface area (Å²) in [7, 11) is 0. The molecule has 2 aromatic rings. The van der Waals surface area contributed by atoms with Crippen molar-refractivity contribution < 1.29 is 4.74 Å². The summed E-state index contributed by atoms with van der Waals surface area (Å²) in [4.78, 5) is 4.62. The fourth-order valence-electron chi connectivity index (χ4n) is 1.83. The minimum Gasteiger partial charge on any atom is -0.371 e. The molecule has 1 atom stereocenters. The lowest BCUT2D eigenvalue weighted by Gasteiger charge is -2.02. The SMILES string of the molecule is Brc1ccc2sc(C3CCCO3)nc2c1. The summed E-state index contributed by atoms with van der Waals surface area (Å²) >= 11 is 5.20. The van der Waals surface area contributed by atoms with Crippen LogP contribution in [0.4, 0.5) is 0 Å². The molecule has 1 unspecified atom stereocenters. The number of ether oxygens (including phenoxy) is 1. The highest BCUT2D eigenvalue weighted by atomic mass is 79.9. The molecule has 0 aliphatic carbocycles. The number of aromatic nitrogens is 1. The van der Waals surface area contributed by atoms with Gasteiger partial charge in [0, 0.05) is 11.1 Å². The summed E-state index contributed by atoms with van der Waals surface area (Å²) in [6, 6.07) is 6.22. The Kier molecular flexibility index (Phi) is 2.50. The third-order valence-electron chi connectivity index (χ3n) is 2.57. The smallest absolute Gasteiger partial charge is 0.123 e. The van der Waals surface area contributed by atoms with Crippen LogP contribution in [0.3, 0.4) is 0 Å². The lowest BCUT2D eigenvalue weighted by molar-refractivity contribution is 0.112. The number of hydrogen-bond acceptors (Lipinski definition) is 3. The van der Waals surface area contributed by atoms with E-state index in [0.717, 1.165) is 34.4 Å². The van der Waals surface area contributed by atoms with Crippen LogP contribution in [0.5, 0.6) is 0 Å². The van der Waals surface area contributed by atoms with Crippen LogP contribution in [-0.4, -0.2) is 11.6 Å². The molecule has 0 spiro atoms. The molecule has 1 aliphatic rings. The van der Waals surface area contributed by atoms with E-state index in [-0.39, 0.29) is 6.10 Å². The van der Waals surface area contributed by atoms with E-state index in [2.05, 4.69) is 39.1 Å². The monoisotopic (exact) mass is 283 g/mol. The summed E-state index contributed by atoms with van der Waals surface area (Å²) < 4.78 is 7.96. The van der Waals surface area contributed by atoms with Gasteiger partial charge in [-0.05, 0) is 31.0 Å². The van der Waals surface area contributed by atoms with Crippen LogP contribution in [0.1, 0.15) is 24.0 Å². The Balaban J connectivity index is 2.05. The van der Waals surface area contributed by atoms with Gasteiger partial charge in [-0.25, -0.2) is 4.98 Å². The zero-order valence-electron chi connectivity index (χ0n) is 8.07. The Morgan fingerprint density at radius 3 is 3.20 bits per heavy atom. The highest BCUT2D eigenvalue weighted by Crippen LogP contribution is 2.34. The number of nitrogens with zero attached hydrogens (tertiary/aromatic N) is 1. The van der Waals surface area contributed by atoms with Crippen molar-refractivity contribution in [3.63, 3.8) is 0 Å². The predicted molar refractivity (Wildman–Crippen MR) is 65.2 cm³/mol. The van der Waals surface area contributed by atoms with Gasteiger partial charge in [0.25, 0.3) is 0 Å². The normalized spacial score (nSPS) is 21.3. The van der Waals surface area contributed by atoms with E-state index in [1.54, 1.807) is 11.3 Å². The maximum absolute atomic E-state index is 5.63. The molecule has 1 fully saturated rings. The predicted octanol–water partition coefficient (Wildman–Crippen LogP) is 3.91. The molecule has 15 heavy (non-hydrogen) atoms. The molecule has 0 radical (unpaired) electrons. The minimum atomic E-state index is 0.237.